The summed E-state index contributed by atoms with van der Waals surface area (Å²) in [7, 11) is 0. The summed E-state index contributed by atoms with van der Waals surface area (Å²) < 4.78 is 0. The zero-order chi connectivity index (χ0) is 16.6. The summed E-state index contributed by atoms with van der Waals surface area (Å²) in [5.74, 6) is 2.03. The van der Waals surface area contributed by atoms with Gasteiger partial charge in [-0.2, -0.15) is 0 Å². The molecule has 1 aromatic carbocycles. The van der Waals surface area contributed by atoms with Gasteiger partial charge in [0.25, 0.3) is 0 Å². The lowest BCUT2D eigenvalue weighted by molar-refractivity contribution is 0.671. The van der Waals surface area contributed by atoms with Gasteiger partial charge in [0, 0.05) is 23.8 Å². The van der Waals surface area contributed by atoms with Gasteiger partial charge < -0.3 is 9.88 Å². The topological polar surface area (TPSA) is 57.7 Å². The number of anilines is 1. The molecule has 0 amide bonds. The Kier molecular flexibility index (Phi) is 3.48. The fraction of sp³-hybridized carbons (Fsp3) is 0.211. The van der Waals surface area contributed by atoms with Crippen LogP contribution in [0.1, 0.15) is 24.7 Å². The molecule has 0 aliphatic carbocycles. The number of hydrogen-bond acceptors (Lipinski definition) is 5. The van der Waals surface area contributed by atoms with E-state index in [4.69, 9.17) is 0 Å². The van der Waals surface area contributed by atoms with Crippen LogP contribution >= 0.6 is 11.3 Å². The SMILES string of the molecule is c1ccc(-c2cc3c(N4CCCC4c4ncc[nH]4)ncnc3s2)cc1. The van der Waals surface area contributed by atoms with E-state index in [0.717, 1.165) is 41.2 Å². The lowest BCUT2D eigenvalue weighted by atomic mass is 10.1. The number of aromatic nitrogens is 4. The van der Waals surface area contributed by atoms with Gasteiger partial charge >= 0.3 is 0 Å². The predicted octanol–water partition coefficient (Wildman–Crippen LogP) is 4.42. The highest BCUT2D eigenvalue weighted by molar-refractivity contribution is 7.21. The smallest absolute Gasteiger partial charge is 0.141 e. The molecule has 1 atom stereocenters. The van der Waals surface area contributed by atoms with Crippen molar-refractivity contribution in [2.24, 2.45) is 0 Å². The van der Waals surface area contributed by atoms with Crippen molar-refractivity contribution in [3.05, 3.63) is 60.9 Å². The largest absolute Gasteiger partial charge is 0.347 e. The summed E-state index contributed by atoms with van der Waals surface area (Å²) in [6.45, 7) is 0.994. The Balaban J connectivity index is 1.61. The van der Waals surface area contributed by atoms with Crippen molar-refractivity contribution in [1.82, 2.24) is 19.9 Å². The summed E-state index contributed by atoms with van der Waals surface area (Å²) in [4.78, 5) is 21.5. The Morgan fingerprint density at radius 3 is 2.88 bits per heavy atom. The van der Waals surface area contributed by atoms with Crippen LogP contribution in [0.5, 0.6) is 0 Å². The third-order valence-electron chi connectivity index (χ3n) is 4.73. The van der Waals surface area contributed by atoms with Crippen molar-refractivity contribution >= 4 is 27.4 Å². The van der Waals surface area contributed by atoms with Crippen molar-refractivity contribution in [2.45, 2.75) is 18.9 Å². The van der Waals surface area contributed by atoms with Crippen molar-refractivity contribution in [3.8, 4) is 10.4 Å². The minimum atomic E-state index is 0.258. The molecule has 1 aliphatic heterocycles. The third kappa shape index (κ3) is 2.49. The number of hydrogen-bond donors (Lipinski definition) is 1. The molecule has 4 aromatic rings. The van der Waals surface area contributed by atoms with Crippen molar-refractivity contribution in [1.29, 1.82) is 0 Å². The Morgan fingerprint density at radius 1 is 1.12 bits per heavy atom. The van der Waals surface area contributed by atoms with Gasteiger partial charge in [-0.05, 0) is 24.5 Å². The first kappa shape index (κ1) is 14.6. The molecule has 1 fully saturated rings. The molecule has 0 radical (unpaired) electrons. The van der Waals surface area contributed by atoms with Gasteiger partial charge in [0.1, 0.15) is 22.8 Å². The number of nitrogens with zero attached hydrogens (tertiary/aromatic N) is 4. The number of imidazole rings is 1. The number of fused-ring (bicyclic) bond motifs is 1. The second-order valence-corrected chi connectivity index (χ2v) is 7.25. The minimum Gasteiger partial charge on any atom is -0.347 e. The molecule has 0 spiro atoms. The lowest BCUT2D eigenvalue weighted by Gasteiger charge is -2.24. The summed E-state index contributed by atoms with van der Waals surface area (Å²) in [6.07, 6.45) is 7.63. The molecule has 0 saturated carbocycles. The minimum absolute atomic E-state index is 0.258. The molecule has 0 bridgehead atoms. The maximum absolute atomic E-state index is 4.64. The van der Waals surface area contributed by atoms with E-state index in [1.54, 1.807) is 17.7 Å². The van der Waals surface area contributed by atoms with E-state index in [-0.39, 0.29) is 6.04 Å². The molecular weight excluding hydrogens is 330 g/mol. The Bertz CT molecular complexity index is 993. The lowest BCUT2D eigenvalue weighted by Crippen LogP contribution is -2.24. The van der Waals surface area contributed by atoms with Crippen LogP contribution in [-0.2, 0) is 0 Å². The van der Waals surface area contributed by atoms with E-state index in [2.05, 4.69) is 55.2 Å². The average molecular weight is 347 g/mol. The quantitative estimate of drug-likeness (QED) is 0.596. The molecule has 1 saturated heterocycles. The molecular formula is C19H17N5S. The monoisotopic (exact) mass is 347 g/mol. The molecule has 6 heteroatoms. The van der Waals surface area contributed by atoms with Crippen LogP contribution in [0, 0.1) is 0 Å². The summed E-state index contributed by atoms with van der Waals surface area (Å²) in [5.41, 5.74) is 1.22. The molecule has 1 unspecified atom stereocenters. The molecule has 1 aliphatic rings. The van der Waals surface area contributed by atoms with Crippen molar-refractivity contribution in [3.63, 3.8) is 0 Å². The van der Waals surface area contributed by atoms with E-state index in [1.165, 1.54) is 10.4 Å². The maximum atomic E-state index is 4.64. The number of rotatable bonds is 3. The van der Waals surface area contributed by atoms with Crippen LogP contribution in [-0.4, -0.2) is 26.5 Å². The summed E-state index contributed by atoms with van der Waals surface area (Å²) in [5, 5.41) is 1.13. The fourth-order valence-electron chi connectivity index (χ4n) is 3.58. The molecule has 4 heterocycles. The highest BCUT2D eigenvalue weighted by Gasteiger charge is 2.30. The first-order chi connectivity index (χ1) is 12.4. The highest BCUT2D eigenvalue weighted by atomic mass is 32.1. The third-order valence-corrected chi connectivity index (χ3v) is 5.82. The molecule has 5 rings (SSSR count). The second kappa shape index (κ2) is 5.97. The average Bonchev–Trinajstić information content (AvgIpc) is 3.40. The van der Waals surface area contributed by atoms with E-state index in [0.29, 0.717) is 0 Å². The van der Waals surface area contributed by atoms with Crippen LogP contribution in [0.15, 0.2) is 55.1 Å². The van der Waals surface area contributed by atoms with Crippen LogP contribution in [0.2, 0.25) is 0 Å². The van der Waals surface area contributed by atoms with Gasteiger partial charge in [0.15, 0.2) is 0 Å². The van der Waals surface area contributed by atoms with Crippen LogP contribution in [0.3, 0.4) is 0 Å². The van der Waals surface area contributed by atoms with Crippen LogP contribution in [0.25, 0.3) is 20.7 Å². The first-order valence-electron chi connectivity index (χ1n) is 8.46. The zero-order valence-electron chi connectivity index (χ0n) is 13.6. The van der Waals surface area contributed by atoms with Crippen LogP contribution < -0.4 is 4.90 Å². The zero-order valence-corrected chi connectivity index (χ0v) is 14.4. The Morgan fingerprint density at radius 2 is 2.04 bits per heavy atom. The molecule has 1 N–H and O–H groups in total. The van der Waals surface area contributed by atoms with Gasteiger partial charge in [-0.3, -0.25) is 0 Å². The summed E-state index contributed by atoms with van der Waals surface area (Å²) >= 11 is 1.72. The van der Waals surface area contributed by atoms with Crippen molar-refractivity contribution < 1.29 is 0 Å². The summed E-state index contributed by atoms with van der Waals surface area (Å²) in [6, 6.07) is 12.9. The van der Waals surface area contributed by atoms with E-state index < -0.39 is 0 Å². The van der Waals surface area contributed by atoms with Crippen molar-refractivity contribution in [2.75, 3.05) is 11.4 Å². The highest BCUT2D eigenvalue weighted by Crippen LogP contribution is 2.40. The van der Waals surface area contributed by atoms with Crippen LogP contribution in [0.4, 0.5) is 5.82 Å². The van der Waals surface area contributed by atoms with E-state index in [1.807, 2.05) is 18.5 Å². The maximum Gasteiger partial charge on any atom is 0.141 e. The molecule has 25 heavy (non-hydrogen) atoms. The normalized spacial score (nSPS) is 17.4. The molecule has 124 valence electrons. The van der Waals surface area contributed by atoms with Gasteiger partial charge in [0.05, 0.1) is 11.4 Å². The fourth-order valence-corrected chi connectivity index (χ4v) is 4.58. The number of H-pyrrole nitrogens is 1. The first-order valence-corrected chi connectivity index (χ1v) is 9.28. The Hall–Kier alpha value is -2.73. The van der Waals surface area contributed by atoms with Gasteiger partial charge in [-0.15, -0.1) is 11.3 Å². The predicted molar refractivity (Wildman–Crippen MR) is 101 cm³/mol. The number of nitrogens with one attached hydrogen (secondary N) is 1. The van der Waals surface area contributed by atoms with E-state index in [9.17, 15) is 0 Å². The second-order valence-electron chi connectivity index (χ2n) is 6.22. The Labute approximate surface area is 149 Å². The number of benzene rings is 1. The number of aromatic amines is 1. The van der Waals surface area contributed by atoms with E-state index >= 15 is 0 Å². The molecule has 5 nitrogen and oxygen atoms in total. The molecule has 3 aromatic heterocycles. The van der Waals surface area contributed by atoms with Gasteiger partial charge in [0.2, 0.25) is 0 Å². The van der Waals surface area contributed by atoms with Gasteiger partial charge in [-0.1, -0.05) is 30.3 Å². The van der Waals surface area contributed by atoms with Gasteiger partial charge in [-0.25, -0.2) is 15.0 Å². The number of thiophene rings is 1. The standard InChI is InChI=1S/C19H17N5S/c1-2-5-13(6-3-1)16-11-14-18(22-12-23-19(14)25-16)24-10-4-7-15(24)17-20-8-9-21-17/h1-3,5-6,8-9,11-12,15H,4,7,10H2,(H,20,21).